The van der Waals surface area contributed by atoms with Crippen molar-refractivity contribution in [2.75, 3.05) is 5.32 Å². The fourth-order valence-electron chi connectivity index (χ4n) is 2.08. The lowest BCUT2D eigenvalue weighted by Gasteiger charge is -2.31. The van der Waals surface area contributed by atoms with Crippen molar-refractivity contribution in [1.29, 1.82) is 5.26 Å². The number of rotatable bonds is 3. The third-order valence-electron chi connectivity index (χ3n) is 3.11. The van der Waals surface area contributed by atoms with Gasteiger partial charge in [0.1, 0.15) is 11.9 Å². The fourth-order valence-corrected chi connectivity index (χ4v) is 2.08. The van der Waals surface area contributed by atoms with Gasteiger partial charge in [0.2, 0.25) is 0 Å². The predicted molar refractivity (Wildman–Crippen MR) is 78.0 cm³/mol. The lowest BCUT2D eigenvalue weighted by molar-refractivity contribution is 0.347. The van der Waals surface area contributed by atoms with Crippen LogP contribution in [0.25, 0.3) is 0 Å². The third-order valence-corrected chi connectivity index (χ3v) is 3.11. The van der Waals surface area contributed by atoms with Gasteiger partial charge in [-0.15, -0.1) is 0 Å². The minimum Gasteiger partial charge on any atom is -0.363 e. The maximum atomic E-state index is 8.80. The molecule has 2 aromatic rings. The molecule has 2 heterocycles. The number of aryl methyl sites for hydroxylation is 1. The first-order valence-corrected chi connectivity index (χ1v) is 6.51. The van der Waals surface area contributed by atoms with Crippen LogP contribution in [0.15, 0.2) is 30.7 Å². The first-order chi connectivity index (χ1) is 9.40. The van der Waals surface area contributed by atoms with E-state index in [1.807, 2.05) is 25.5 Å². The van der Waals surface area contributed by atoms with Crippen molar-refractivity contribution in [3.05, 3.63) is 41.9 Å². The van der Waals surface area contributed by atoms with Crippen molar-refractivity contribution in [2.24, 2.45) is 12.5 Å². The van der Waals surface area contributed by atoms with Crippen LogP contribution in [0.5, 0.6) is 0 Å². The maximum absolute atomic E-state index is 8.80. The van der Waals surface area contributed by atoms with Crippen LogP contribution in [0.2, 0.25) is 0 Å². The van der Waals surface area contributed by atoms with E-state index in [0.717, 1.165) is 11.4 Å². The quantitative estimate of drug-likeness (QED) is 0.930. The summed E-state index contributed by atoms with van der Waals surface area (Å²) in [6, 6.07) is 5.75. The van der Waals surface area contributed by atoms with E-state index >= 15 is 0 Å². The largest absolute Gasteiger partial charge is 0.363 e. The van der Waals surface area contributed by atoms with Crippen molar-refractivity contribution < 1.29 is 0 Å². The Morgan fingerprint density at radius 1 is 1.30 bits per heavy atom. The Hall–Kier alpha value is -2.35. The van der Waals surface area contributed by atoms with Crippen molar-refractivity contribution in [3.8, 4) is 6.07 Å². The van der Waals surface area contributed by atoms with Crippen LogP contribution >= 0.6 is 0 Å². The van der Waals surface area contributed by atoms with Crippen LogP contribution in [0.4, 0.5) is 5.82 Å². The van der Waals surface area contributed by atoms with Crippen LogP contribution < -0.4 is 5.32 Å². The van der Waals surface area contributed by atoms with Crippen LogP contribution in [-0.4, -0.2) is 14.8 Å². The van der Waals surface area contributed by atoms with E-state index in [1.54, 1.807) is 16.9 Å². The zero-order chi connectivity index (χ0) is 14.8. The Morgan fingerprint density at radius 3 is 2.50 bits per heavy atom. The van der Waals surface area contributed by atoms with Gasteiger partial charge in [-0.05, 0) is 17.5 Å². The molecule has 0 saturated carbocycles. The number of pyridine rings is 1. The average Bonchev–Trinajstić information content (AvgIpc) is 2.81. The molecule has 1 atom stereocenters. The zero-order valence-corrected chi connectivity index (χ0v) is 12.3. The van der Waals surface area contributed by atoms with Gasteiger partial charge in [0.25, 0.3) is 0 Å². The van der Waals surface area contributed by atoms with Crippen LogP contribution in [0, 0.1) is 16.7 Å². The van der Waals surface area contributed by atoms with E-state index in [-0.39, 0.29) is 11.5 Å². The van der Waals surface area contributed by atoms with Gasteiger partial charge in [-0.25, -0.2) is 4.98 Å². The summed E-state index contributed by atoms with van der Waals surface area (Å²) >= 11 is 0. The van der Waals surface area contributed by atoms with E-state index in [2.05, 4.69) is 42.2 Å². The summed E-state index contributed by atoms with van der Waals surface area (Å²) in [6.45, 7) is 6.50. The van der Waals surface area contributed by atoms with E-state index in [9.17, 15) is 0 Å². The molecule has 5 heteroatoms. The summed E-state index contributed by atoms with van der Waals surface area (Å²) in [4.78, 5) is 4.27. The van der Waals surface area contributed by atoms with Gasteiger partial charge in [0, 0.05) is 25.0 Å². The predicted octanol–water partition coefficient (Wildman–Crippen LogP) is 2.89. The Kier molecular flexibility index (Phi) is 3.75. The van der Waals surface area contributed by atoms with Crippen molar-refractivity contribution in [1.82, 2.24) is 14.8 Å². The monoisotopic (exact) mass is 269 g/mol. The minimum atomic E-state index is 0.0125. The highest BCUT2D eigenvalue weighted by Crippen LogP contribution is 2.35. The molecule has 0 fully saturated rings. The smallest absolute Gasteiger partial charge is 0.126 e. The maximum Gasteiger partial charge on any atom is 0.126 e. The van der Waals surface area contributed by atoms with E-state index in [1.165, 1.54) is 0 Å². The Bertz CT molecular complexity index is 613. The van der Waals surface area contributed by atoms with Crippen molar-refractivity contribution in [2.45, 2.75) is 26.8 Å². The Labute approximate surface area is 119 Å². The molecule has 0 aliphatic heterocycles. The third kappa shape index (κ3) is 3.15. The number of hydrogen-bond acceptors (Lipinski definition) is 4. The molecule has 0 aromatic carbocycles. The molecule has 1 N–H and O–H groups in total. The fraction of sp³-hybridized carbons (Fsp3) is 0.400. The number of nitrogens with zero attached hydrogens (tertiary/aromatic N) is 4. The molecule has 2 aromatic heterocycles. The Balaban J connectivity index is 2.26. The molecule has 20 heavy (non-hydrogen) atoms. The van der Waals surface area contributed by atoms with E-state index in [4.69, 9.17) is 5.26 Å². The summed E-state index contributed by atoms with van der Waals surface area (Å²) in [7, 11) is 1.91. The second-order valence-corrected chi connectivity index (χ2v) is 5.93. The summed E-state index contributed by atoms with van der Waals surface area (Å²) in [5.74, 6) is 0.757. The molecule has 0 bridgehead atoms. The van der Waals surface area contributed by atoms with Gasteiger partial charge in [0.15, 0.2) is 0 Å². The van der Waals surface area contributed by atoms with Gasteiger partial charge in [-0.3, -0.25) is 4.68 Å². The standard InChI is InChI=1S/C15H19N5/c1-15(2,3)14(12-9-18-20(4)10-12)19-13-6-5-11(7-16)8-17-13/h5-6,8-10,14H,1-4H3,(H,17,19)/t14-/m1/s1. The lowest BCUT2D eigenvalue weighted by Crippen LogP contribution is -2.25. The average molecular weight is 269 g/mol. The summed E-state index contributed by atoms with van der Waals surface area (Å²) in [5.41, 5.74) is 1.69. The van der Waals surface area contributed by atoms with Gasteiger partial charge in [0.05, 0.1) is 17.8 Å². The Morgan fingerprint density at radius 2 is 2.05 bits per heavy atom. The molecule has 0 saturated heterocycles. The van der Waals surface area contributed by atoms with E-state index in [0.29, 0.717) is 5.56 Å². The van der Waals surface area contributed by atoms with Gasteiger partial charge in [-0.1, -0.05) is 20.8 Å². The highest BCUT2D eigenvalue weighted by atomic mass is 15.2. The highest BCUT2D eigenvalue weighted by Gasteiger charge is 2.27. The number of anilines is 1. The van der Waals surface area contributed by atoms with Crippen LogP contribution in [0.3, 0.4) is 0 Å². The molecule has 2 rings (SSSR count). The van der Waals surface area contributed by atoms with Gasteiger partial charge >= 0.3 is 0 Å². The molecule has 0 amide bonds. The van der Waals surface area contributed by atoms with Crippen LogP contribution in [-0.2, 0) is 7.05 Å². The number of nitriles is 1. The summed E-state index contributed by atoms with van der Waals surface area (Å²) in [6.07, 6.45) is 5.45. The number of aromatic nitrogens is 3. The number of hydrogen-bond donors (Lipinski definition) is 1. The van der Waals surface area contributed by atoms with Gasteiger partial charge in [-0.2, -0.15) is 10.4 Å². The van der Waals surface area contributed by atoms with Crippen molar-refractivity contribution >= 4 is 5.82 Å². The first-order valence-electron chi connectivity index (χ1n) is 6.51. The van der Waals surface area contributed by atoms with Crippen LogP contribution in [0.1, 0.15) is 37.9 Å². The molecule has 0 aliphatic carbocycles. The molecule has 0 spiro atoms. The molecular formula is C15H19N5. The molecule has 0 radical (unpaired) electrons. The second kappa shape index (κ2) is 5.33. The molecular weight excluding hydrogens is 250 g/mol. The number of nitrogens with one attached hydrogen (secondary N) is 1. The molecule has 104 valence electrons. The molecule has 0 unspecified atom stereocenters. The topological polar surface area (TPSA) is 66.5 Å². The van der Waals surface area contributed by atoms with Crippen molar-refractivity contribution in [3.63, 3.8) is 0 Å². The first kappa shape index (κ1) is 14.1. The summed E-state index contributed by atoms with van der Waals surface area (Å²) < 4.78 is 1.79. The molecule has 0 aliphatic rings. The minimum absolute atomic E-state index is 0.0125. The van der Waals surface area contributed by atoms with E-state index < -0.39 is 0 Å². The second-order valence-electron chi connectivity index (χ2n) is 5.93. The summed E-state index contributed by atoms with van der Waals surface area (Å²) in [5, 5.41) is 16.5. The SMILES string of the molecule is Cn1cc([C@@H](Nc2ccc(C#N)cn2)C(C)(C)C)cn1. The zero-order valence-electron chi connectivity index (χ0n) is 12.3. The normalized spacial score (nSPS) is 12.8. The molecule has 5 nitrogen and oxygen atoms in total. The van der Waals surface area contributed by atoms with Gasteiger partial charge < -0.3 is 5.32 Å². The lowest BCUT2D eigenvalue weighted by atomic mass is 9.83. The highest BCUT2D eigenvalue weighted by molar-refractivity contribution is 5.41.